The van der Waals surface area contributed by atoms with Crippen molar-refractivity contribution in [2.24, 2.45) is 5.92 Å². The number of benzene rings is 2. The van der Waals surface area contributed by atoms with E-state index in [1.165, 1.54) is 0 Å². The van der Waals surface area contributed by atoms with Crippen LogP contribution in [0.25, 0.3) is 0 Å². The van der Waals surface area contributed by atoms with Crippen LogP contribution in [0, 0.1) is 5.92 Å². The highest BCUT2D eigenvalue weighted by Gasteiger charge is 2.43. The summed E-state index contributed by atoms with van der Waals surface area (Å²) in [7, 11) is 1.58. The monoisotopic (exact) mass is 567 g/mol. The lowest BCUT2D eigenvalue weighted by molar-refractivity contribution is -0.148. The van der Waals surface area contributed by atoms with Crippen LogP contribution in [0.5, 0.6) is 5.75 Å². The SMILES string of the molecule is CCc1ccc(C(C(=O)Nc2ccc(OC)cc2)N(C(=O)C(CC(C)C)NC(=O)OC(C)(C)C)C(C)(C)CC)cc1. The fourth-order valence-corrected chi connectivity index (χ4v) is 4.49. The van der Waals surface area contributed by atoms with Gasteiger partial charge in [0.1, 0.15) is 23.4 Å². The molecule has 2 N–H and O–H groups in total. The maximum atomic E-state index is 14.5. The summed E-state index contributed by atoms with van der Waals surface area (Å²) in [6, 6.07) is 13.0. The molecule has 2 rings (SSSR count). The minimum absolute atomic E-state index is 0.0980. The van der Waals surface area contributed by atoms with Gasteiger partial charge in [-0.3, -0.25) is 9.59 Å². The zero-order valence-electron chi connectivity index (χ0n) is 26.5. The number of amides is 3. The molecule has 0 radical (unpaired) electrons. The van der Waals surface area contributed by atoms with E-state index >= 15 is 0 Å². The van der Waals surface area contributed by atoms with E-state index in [0.29, 0.717) is 29.8 Å². The van der Waals surface area contributed by atoms with Gasteiger partial charge >= 0.3 is 6.09 Å². The minimum Gasteiger partial charge on any atom is -0.497 e. The highest BCUT2D eigenvalue weighted by atomic mass is 16.6. The van der Waals surface area contributed by atoms with E-state index in [9.17, 15) is 14.4 Å². The molecule has 0 bridgehead atoms. The van der Waals surface area contributed by atoms with Crippen molar-refractivity contribution in [3.8, 4) is 5.75 Å². The van der Waals surface area contributed by atoms with Crippen molar-refractivity contribution in [3.05, 3.63) is 59.7 Å². The van der Waals surface area contributed by atoms with Gasteiger partial charge < -0.3 is 25.0 Å². The molecule has 8 nitrogen and oxygen atoms in total. The van der Waals surface area contributed by atoms with Crippen LogP contribution in [-0.4, -0.2) is 47.1 Å². The Morgan fingerprint density at radius 1 is 0.902 bits per heavy atom. The molecule has 2 atom stereocenters. The number of carbonyl (C=O) groups excluding carboxylic acids is 3. The Morgan fingerprint density at radius 2 is 1.49 bits per heavy atom. The number of methoxy groups -OCH3 is 1. The van der Waals surface area contributed by atoms with Crippen molar-refractivity contribution < 1.29 is 23.9 Å². The number of ether oxygens (including phenoxy) is 2. The van der Waals surface area contributed by atoms with Crippen molar-refractivity contribution >= 4 is 23.6 Å². The Kier molecular flexibility index (Phi) is 11.8. The van der Waals surface area contributed by atoms with E-state index in [4.69, 9.17) is 9.47 Å². The fraction of sp³-hybridized carbons (Fsp3) is 0.545. The number of nitrogens with zero attached hydrogens (tertiary/aromatic N) is 1. The van der Waals surface area contributed by atoms with Gasteiger partial charge in [-0.15, -0.1) is 0 Å². The van der Waals surface area contributed by atoms with Crippen molar-refractivity contribution in [1.82, 2.24) is 10.2 Å². The van der Waals surface area contributed by atoms with Gasteiger partial charge in [-0.25, -0.2) is 4.79 Å². The molecule has 0 saturated carbocycles. The summed E-state index contributed by atoms with van der Waals surface area (Å²) in [4.78, 5) is 43.1. The lowest BCUT2D eigenvalue weighted by atomic mass is 9.90. The summed E-state index contributed by atoms with van der Waals surface area (Å²) in [6.07, 6.45) is 1.15. The molecule has 0 heterocycles. The molecular weight excluding hydrogens is 518 g/mol. The summed E-state index contributed by atoms with van der Waals surface area (Å²) in [5, 5.41) is 5.81. The molecular formula is C33H49N3O5. The quantitative estimate of drug-likeness (QED) is 0.291. The number of nitrogens with one attached hydrogen (secondary N) is 2. The highest BCUT2D eigenvalue weighted by molar-refractivity contribution is 5.99. The topological polar surface area (TPSA) is 97.0 Å². The predicted octanol–water partition coefficient (Wildman–Crippen LogP) is 6.89. The number of hydrogen-bond acceptors (Lipinski definition) is 5. The van der Waals surface area contributed by atoms with Crippen molar-refractivity contribution in [2.75, 3.05) is 12.4 Å². The predicted molar refractivity (Wildman–Crippen MR) is 164 cm³/mol. The lowest BCUT2D eigenvalue weighted by Crippen LogP contribution is -2.59. The van der Waals surface area contributed by atoms with Crippen LogP contribution in [0.1, 0.15) is 92.3 Å². The van der Waals surface area contributed by atoms with E-state index in [1.54, 1.807) is 57.0 Å². The molecule has 0 spiro atoms. The third-order valence-corrected chi connectivity index (χ3v) is 7.02. The third kappa shape index (κ3) is 9.80. The normalized spacial score (nSPS) is 13.2. The summed E-state index contributed by atoms with van der Waals surface area (Å²) in [5.41, 5.74) is 0.939. The average Bonchev–Trinajstić information content (AvgIpc) is 2.90. The standard InChI is InChI=1S/C33H49N3O5/c1-11-23-13-15-24(16-14-23)28(29(37)34-25-17-19-26(40-10)20-18-25)36(33(8,9)12-2)30(38)27(21-22(3)4)35-31(39)41-32(5,6)7/h13-20,22,27-28H,11-12,21H2,1-10H3,(H,34,37)(H,35,39). The molecule has 0 aliphatic rings. The van der Waals surface area contributed by atoms with Gasteiger partial charge in [-0.2, -0.15) is 0 Å². The summed E-state index contributed by atoms with van der Waals surface area (Å²) < 4.78 is 10.7. The first kappa shape index (κ1) is 33.7. The average molecular weight is 568 g/mol. The Hall–Kier alpha value is -3.55. The van der Waals surface area contributed by atoms with Crippen LogP contribution in [-0.2, 0) is 20.7 Å². The molecule has 0 saturated heterocycles. The first-order valence-corrected chi connectivity index (χ1v) is 14.5. The van der Waals surface area contributed by atoms with Gasteiger partial charge in [0.2, 0.25) is 5.91 Å². The number of alkyl carbamates (subject to hydrolysis) is 1. The Bertz CT molecular complexity index is 1150. The fourth-order valence-electron chi connectivity index (χ4n) is 4.49. The van der Waals surface area contributed by atoms with Crippen LogP contribution >= 0.6 is 0 Å². The molecule has 226 valence electrons. The molecule has 8 heteroatoms. The molecule has 3 amide bonds. The lowest BCUT2D eigenvalue weighted by Gasteiger charge is -2.44. The Balaban J connectivity index is 2.63. The molecule has 41 heavy (non-hydrogen) atoms. The van der Waals surface area contributed by atoms with E-state index in [-0.39, 0.29) is 17.7 Å². The third-order valence-electron chi connectivity index (χ3n) is 7.02. The summed E-state index contributed by atoms with van der Waals surface area (Å²) in [5.74, 6) is 0.0740. The molecule has 0 aromatic heterocycles. The Labute approximate surface area is 246 Å². The maximum Gasteiger partial charge on any atom is 0.408 e. The van der Waals surface area contributed by atoms with E-state index in [1.807, 2.05) is 58.9 Å². The van der Waals surface area contributed by atoms with Crippen molar-refractivity contribution in [1.29, 1.82) is 0 Å². The van der Waals surface area contributed by atoms with Crippen LogP contribution in [0.4, 0.5) is 10.5 Å². The zero-order chi connectivity index (χ0) is 31.0. The van der Waals surface area contributed by atoms with Gasteiger partial charge in [-0.1, -0.05) is 52.0 Å². The first-order chi connectivity index (χ1) is 19.1. The van der Waals surface area contributed by atoms with E-state index in [2.05, 4.69) is 17.6 Å². The molecule has 0 aliphatic heterocycles. The van der Waals surface area contributed by atoms with Crippen LogP contribution in [0.15, 0.2) is 48.5 Å². The zero-order valence-corrected chi connectivity index (χ0v) is 26.5. The number of hydrogen-bond donors (Lipinski definition) is 2. The molecule has 2 aromatic rings. The second-order valence-corrected chi connectivity index (χ2v) is 12.4. The van der Waals surface area contributed by atoms with Crippen molar-refractivity contribution in [2.45, 2.75) is 105 Å². The number of anilines is 1. The molecule has 0 aliphatic carbocycles. The van der Waals surface area contributed by atoms with Crippen LogP contribution < -0.4 is 15.4 Å². The minimum atomic E-state index is -0.958. The van der Waals surface area contributed by atoms with Crippen LogP contribution in [0.2, 0.25) is 0 Å². The second kappa shape index (κ2) is 14.4. The molecule has 0 fully saturated rings. The van der Waals surface area contributed by atoms with Gasteiger partial charge in [0.05, 0.1) is 7.11 Å². The smallest absolute Gasteiger partial charge is 0.408 e. The van der Waals surface area contributed by atoms with Gasteiger partial charge in [0.25, 0.3) is 5.91 Å². The number of carbonyl (C=O) groups is 3. The summed E-state index contributed by atoms with van der Waals surface area (Å²) >= 11 is 0. The number of aryl methyl sites for hydroxylation is 1. The first-order valence-electron chi connectivity index (χ1n) is 14.5. The van der Waals surface area contributed by atoms with E-state index < -0.39 is 29.3 Å². The largest absolute Gasteiger partial charge is 0.497 e. The van der Waals surface area contributed by atoms with Crippen LogP contribution in [0.3, 0.4) is 0 Å². The maximum absolute atomic E-state index is 14.5. The van der Waals surface area contributed by atoms with Gasteiger partial charge in [0.15, 0.2) is 0 Å². The highest BCUT2D eigenvalue weighted by Crippen LogP contribution is 2.34. The molecule has 2 aromatic carbocycles. The van der Waals surface area contributed by atoms with Gasteiger partial charge in [0, 0.05) is 11.2 Å². The van der Waals surface area contributed by atoms with E-state index in [0.717, 1.165) is 12.0 Å². The summed E-state index contributed by atoms with van der Waals surface area (Å²) in [6.45, 7) is 17.2. The number of rotatable bonds is 12. The van der Waals surface area contributed by atoms with Gasteiger partial charge in [-0.05, 0) is 95.2 Å². The van der Waals surface area contributed by atoms with Crippen molar-refractivity contribution in [3.63, 3.8) is 0 Å². The Morgan fingerprint density at radius 3 is 1.95 bits per heavy atom. The second-order valence-electron chi connectivity index (χ2n) is 12.4. The molecule has 2 unspecified atom stereocenters.